The lowest BCUT2D eigenvalue weighted by atomic mass is 10.0. The summed E-state index contributed by atoms with van der Waals surface area (Å²) in [4.78, 5) is 19.0. The molecule has 3 aromatic carbocycles. The molecule has 0 spiro atoms. The molecule has 1 atom stereocenters. The fourth-order valence-electron chi connectivity index (χ4n) is 4.12. The molecule has 6 nitrogen and oxygen atoms in total. The SMILES string of the molecule is Cc1c(N=c2scc(-c3cccc(Br)c3)n2N=CC(C)c2ccccc2)c(=O)n(-c2ccccc2)n1C. The smallest absolute Gasteiger partial charge is 0.283 e. The van der Waals surface area contributed by atoms with E-state index in [4.69, 9.17) is 10.1 Å². The molecule has 0 fully saturated rings. The highest BCUT2D eigenvalue weighted by Gasteiger charge is 2.17. The average Bonchev–Trinajstić information content (AvgIpc) is 3.42. The van der Waals surface area contributed by atoms with Crippen molar-refractivity contribution in [2.75, 3.05) is 0 Å². The fourth-order valence-corrected chi connectivity index (χ4v) is 5.36. The van der Waals surface area contributed by atoms with Crippen molar-refractivity contribution in [1.82, 2.24) is 14.0 Å². The third-order valence-electron chi connectivity index (χ3n) is 6.27. The van der Waals surface area contributed by atoms with Gasteiger partial charge < -0.3 is 0 Å². The highest BCUT2D eigenvalue weighted by atomic mass is 79.9. The van der Waals surface area contributed by atoms with Crippen LogP contribution in [-0.4, -0.2) is 20.3 Å². The zero-order valence-corrected chi connectivity index (χ0v) is 23.1. The number of halogens is 1. The van der Waals surface area contributed by atoms with Gasteiger partial charge in [-0.25, -0.2) is 14.4 Å². The molecule has 2 aromatic heterocycles. The van der Waals surface area contributed by atoms with Crippen LogP contribution in [0.1, 0.15) is 24.1 Å². The first-order valence-electron chi connectivity index (χ1n) is 11.9. The van der Waals surface area contributed by atoms with Crippen LogP contribution < -0.4 is 10.4 Å². The van der Waals surface area contributed by atoms with Crippen LogP contribution in [0.4, 0.5) is 5.69 Å². The Morgan fingerprint density at radius 3 is 2.38 bits per heavy atom. The highest BCUT2D eigenvalue weighted by molar-refractivity contribution is 9.10. The Morgan fingerprint density at radius 1 is 0.973 bits per heavy atom. The maximum Gasteiger partial charge on any atom is 0.297 e. The van der Waals surface area contributed by atoms with Gasteiger partial charge >= 0.3 is 0 Å². The van der Waals surface area contributed by atoms with Crippen molar-refractivity contribution >= 4 is 39.2 Å². The van der Waals surface area contributed by atoms with Gasteiger partial charge in [0.1, 0.15) is 0 Å². The molecule has 0 saturated heterocycles. The van der Waals surface area contributed by atoms with Crippen molar-refractivity contribution in [3.8, 4) is 16.9 Å². The lowest BCUT2D eigenvalue weighted by molar-refractivity contribution is 0.630. The Kier molecular flexibility index (Phi) is 7.21. The van der Waals surface area contributed by atoms with Crippen molar-refractivity contribution < 1.29 is 0 Å². The van der Waals surface area contributed by atoms with Crippen LogP contribution in [0, 0.1) is 6.92 Å². The summed E-state index contributed by atoms with van der Waals surface area (Å²) >= 11 is 5.03. The molecule has 1 unspecified atom stereocenters. The van der Waals surface area contributed by atoms with Crippen molar-refractivity contribution in [3.63, 3.8) is 0 Å². The predicted octanol–water partition coefficient (Wildman–Crippen LogP) is 6.65. The zero-order valence-electron chi connectivity index (χ0n) is 20.7. The molecule has 0 N–H and O–H groups in total. The number of para-hydroxylation sites is 1. The minimum Gasteiger partial charge on any atom is -0.283 e. The lowest BCUT2D eigenvalue weighted by Gasteiger charge is -2.07. The van der Waals surface area contributed by atoms with Gasteiger partial charge in [-0.15, -0.1) is 11.3 Å². The third-order valence-corrected chi connectivity index (χ3v) is 7.58. The van der Waals surface area contributed by atoms with Crippen LogP contribution in [0.5, 0.6) is 0 Å². The number of nitrogens with zero attached hydrogens (tertiary/aromatic N) is 5. The Bertz CT molecular complexity index is 1690. The highest BCUT2D eigenvalue weighted by Crippen LogP contribution is 2.25. The van der Waals surface area contributed by atoms with E-state index in [1.807, 2.05) is 102 Å². The largest absolute Gasteiger partial charge is 0.297 e. The van der Waals surface area contributed by atoms with Gasteiger partial charge in [-0.05, 0) is 36.8 Å². The van der Waals surface area contributed by atoms with E-state index in [1.54, 1.807) is 4.68 Å². The van der Waals surface area contributed by atoms with E-state index in [-0.39, 0.29) is 11.5 Å². The normalized spacial score (nSPS) is 12.9. The molecule has 0 aliphatic heterocycles. The summed E-state index contributed by atoms with van der Waals surface area (Å²) in [6, 6.07) is 27.9. The lowest BCUT2D eigenvalue weighted by Crippen LogP contribution is -2.20. The molecular formula is C29H26BrN5OS. The summed E-state index contributed by atoms with van der Waals surface area (Å²) in [6.45, 7) is 4.02. The van der Waals surface area contributed by atoms with E-state index in [1.165, 1.54) is 16.9 Å². The molecular weight excluding hydrogens is 546 g/mol. The minimum atomic E-state index is -0.170. The molecule has 0 saturated carbocycles. The molecule has 186 valence electrons. The van der Waals surface area contributed by atoms with Crippen LogP contribution in [0.25, 0.3) is 16.9 Å². The van der Waals surface area contributed by atoms with Crippen LogP contribution >= 0.6 is 27.3 Å². The molecule has 2 heterocycles. The second kappa shape index (κ2) is 10.7. The maximum absolute atomic E-state index is 13.5. The topological polar surface area (TPSA) is 56.6 Å². The van der Waals surface area contributed by atoms with Gasteiger partial charge in [-0.3, -0.25) is 9.48 Å². The van der Waals surface area contributed by atoms with Gasteiger partial charge in [0.15, 0.2) is 5.69 Å². The summed E-state index contributed by atoms with van der Waals surface area (Å²) < 4.78 is 6.28. The van der Waals surface area contributed by atoms with Gasteiger partial charge in [-0.1, -0.05) is 83.5 Å². The first-order chi connectivity index (χ1) is 17.9. The van der Waals surface area contributed by atoms with E-state index in [0.29, 0.717) is 10.5 Å². The van der Waals surface area contributed by atoms with Gasteiger partial charge in [0.25, 0.3) is 5.56 Å². The average molecular weight is 573 g/mol. The first-order valence-corrected chi connectivity index (χ1v) is 13.6. The van der Waals surface area contributed by atoms with Gasteiger partial charge in [0.05, 0.1) is 17.1 Å². The van der Waals surface area contributed by atoms with Gasteiger partial charge in [-0.2, -0.15) is 5.10 Å². The number of rotatable bonds is 6. The Labute approximate surface area is 227 Å². The van der Waals surface area contributed by atoms with E-state index < -0.39 is 0 Å². The molecule has 0 radical (unpaired) electrons. The number of hydrogen-bond acceptors (Lipinski definition) is 4. The zero-order chi connectivity index (χ0) is 25.9. The van der Waals surface area contributed by atoms with Crippen molar-refractivity contribution in [2.45, 2.75) is 19.8 Å². The molecule has 0 amide bonds. The van der Waals surface area contributed by atoms with Crippen LogP contribution in [0.15, 0.2) is 110 Å². The quantitative estimate of drug-likeness (QED) is 0.210. The summed E-state index contributed by atoms with van der Waals surface area (Å²) in [5.41, 5.74) is 4.88. The standard InChI is InChI=1S/C29H26BrN5OS/c1-20(22-11-6-4-7-12-22)18-31-34-26(23-13-10-14-24(30)17-23)19-37-29(34)32-27-21(2)33(3)35(28(27)36)25-15-8-5-9-16-25/h4-20H,1-3H3. The molecule has 0 aliphatic carbocycles. The summed E-state index contributed by atoms with van der Waals surface area (Å²) in [7, 11) is 1.87. The molecule has 0 aliphatic rings. The molecule has 37 heavy (non-hydrogen) atoms. The van der Waals surface area contributed by atoms with Crippen LogP contribution in [0.3, 0.4) is 0 Å². The summed E-state index contributed by atoms with van der Waals surface area (Å²) in [6.07, 6.45) is 1.92. The van der Waals surface area contributed by atoms with E-state index in [0.717, 1.165) is 27.1 Å². The Hall–Kier alpha value is -3.75. The van der Waals surface area contributed by atoms with E-state index in [2.05, 4.69) is 41.1 Å². The van der Waals surface area contributed by atoms with Gasteiger partial charge in [0, 0.05) is 34.6 Å². The Balaban J connectivity index is 1.67. The molecule has 5 rings (SSSR count). The van der Waals surface area contributed by atoms with Crippen molar-refractivity contribution in [2.24, 2.45) is 17.1 Å². The Morgan fingerprint density at radius 2 is 1.68 bits per heavy atom. The fraction of sp³-hybridized carbons (Fsp3) is 0.138. The third kappa shape index (κ3) is 5.08. The molecule has 5 aromatic rings. The summed E-state index contributed by atoms with van der Waals surface area (Å²) in [5, 5.41) is 6.90. The van der Waals surface area contributed by atoms with Crippen LogP contribution in [-0.2, 0) is 7.05 Å². The second-order valence-corrected chi connectivity index (χ2v) is 10.5. The minimum absolute atomic E-state index is 0.102. The molecule has 8 heteroatoms. The van der Waals surface area contributed by atoms with Crippen molar-refractivity contribution in [3.05, 3.63) is 121 Å². The predicted molar refractivity (Wildman–Crippen MR) is 155 cm³/mol. The summed E-state index contributed by atoms with van der Waals surface area (Å²) in [5.74, 6) is 0.102. The van der Waals surface area contributed by atoms with Crippen LogP contribution in [0.2, 0.25) is 0 Å². The van der Waals surface area contributed by atoms with Gasteiger partial charge in [0.2, 0.25) is 4.80 Å². The molecule has 0 bridgehead atoms. The van der Waals surface area contributed by atoms with E-state index >= 15 is 0 Å². The monoisotopic (exact) mass is 571 g/mol. The van der Waals surface area contributed by atoms with E-state index in [9.17, 15) is 4.79 Å². The number of benzene rings is 3. The van der Waals surface area contributed by atoms with Crippen molar-refractivity contribution in [1.29, 1.82) is 0 Å². The maximum atomic E-state index is 13.5. The number of aromatic nitrogens is 3. The number of thiazole rings is 1. The second-order valence-electron chi connectivity index (χ2n) is 8.71. The first kappa shape index (κ1) is 24.9. The number of hydrogen-bond donors (Lipinski definition) is 0.